The highest BCUT2D eigenvalue weighted by Crippen LogP contribution is 2.40. The number of methoxy groups -OCH3 is 1. The van der Waals surface area contributed by atoms with Crippen molar-refractivity contribution in [3.8, 4) is 28.3 Å². The van der Waals surface area contributed by atoms with E-state index in [4.69, 9.17) is 20.6 Å². The molecule has 1 saturated carbocycles. The van der Waals surface area contributed by atoms with Crippen LogP contribution in [0.5, 0.6) is 5.75 Å². The van der Waals surface area contributed by atoms with Crippen LogP contribution in [0.3, 0.4) is 0 Å². The van der Waals surface area contributed by atoms with E-state index in [2.05, 4.69) is 43.0 Å². The average molecular weight is 396 g/mol. The number of rotatable bonds is 5. The number of benzene rings is 2. The van der Waals surface area contributed by atoms with Gasteiger partial charge in [0.1, 0.15) is 5.69 Å². The molecule has 2 aromatic carbocycles. The molecule has 0 spiro atoms. The van der Waals surface area contributed by atoms with Crippen molar-refractivity contribution >= 4 is 11.7 Å². The molecule has 0 bridgehead atoms. The fourth-order valence-electron chi connectivity index (χ4n) is 4.13. The summed E-state index contributed by atoms with van der Waals surface area (Å²) in [4.78, 5) is 4.94. The minimum atomic E-state index is -0.177. The van der Waals surface area contributed by atoms with Gasteiger partial charge in [0.25, 0.3) is 0 Å². The molecule has 1 fully saturated rings. The molecule has 30 heavy (non-hydrogen) atoms. The van der Waals surface area contributed by atoms with Crippen molar-refractivity contribution in [2.45, 2.75) is 24.8 Å². The lowest BCUT2D eigenvalue weighted by atomic mass is 9.72. The maximum atomic E-state index is 6.51. The molecule has 5 nitrogen and oxygen atoms in total. The predicted molar refractivity (Wildman–Crippen MR) is 120 cm³/mol. The molecular formula is C25H24N4O. The van der Waals surface area contributed by atoms with Gasteiger partial charge in [0, 0.05) is 22.7 Å². The molecule has 150 valence electrons. The molecular weight excluding hydrogens is 372 g/mol. The van der Waals surface area contributed by atoms with Gasteiger partial charge in [-0.1, -0.05) is 61.2 Å². The largest absolute Gasteiger partial charge is 0.493 e. The van der Waals surface area contributed by atoms with Crippen molar-refractivity contribution in [3.05, 3.63) is 78.5 Å². The molecule has 1 aliphatic rings. The van der Waals surface area contributed by atoms with Gasteiger partial charge in [-0.05, 0) is 30.9 Å². The van der Waals surface area contributed by atoms with Crippen molar-refractivity contribution in [1.82, 2.24) is 14.6 Å². The Morgan fingerprint density at radius 1 is 1.07 bits per heavy atom. The minimum absolute atomic E-state index is 0.177. The summed E-state index contributed by atoms with van der Waals surface area (Å²) in [5, 5.41) is 4.74. The van der Waals surface area contributed by atoms with Gasteiger partial charge in [-0.15, -0.1) is 0 Å². The maximum Gasteiger partial charge on any atom is 0.197 e. The third-order valence-electron chi connectivity index (χ3n) is 6.02. The topological polar surface area (TPSA) is 65.4 Å². The summed E-state index contributed by atoms with van der Waals surface area (Å²) in [6.07, 6.45) is 4.99. The predicted octanol–water partition coefficient (Wildman–Crippen LogP) is 5.05. The van der Waals surface area contributed by atoms with E-state index in [9.17, 15) is 0 Å². The molecule has 0 saturated heterocycles. The SMILES string of the molecule is C=Cc1cc(OC)c2nc(-c3ccc(C4(N)CCC4)cc3)c(-c3ccccc3)n2n1. The molecule has 1 aliphatic carbocycles. The van der Waals surface area contributed by atoms with Crippen LogP contribution in [0, 0.1) is 0 Å². The zero-order valence-electron chi connectivity index (χ0n) is 17.0. The maximum absolute atomic E-state index is 6.51. The minimum Gasteiger partial charge on any atom is -0.493 e. The van der Waals surface area contributed by atoms with Gasteiger partial charge in [-0.2, -0.15) is 5.10 Å². The lowest BCUT2D eigenvalue weighted by molar-refractivity contribution is 0.253. The molecule has 0 amide bonds. The van der Waals surface area contributed by atoms with E-state index >= 15 is 0 Å². The van der Waals surface area contributed by atoms with E-state index in [1.807, 2.05) is 28.8 Å². The van der Waals surface area contributed by atoms with E-state index in [-0.39, 0.29) is 5.54 Å². The van der Waals surface area contributed by atoms with Crippen LogP contribution in [0.15, 0.2) is 67.2 Å². The zero-order valence-corrected chi connectivity index (χ0v) is 17.0. The Bertz CT molecular complexity index is 1220. The van der Waals surface area contributed by atoms with Gasteiger partial charge in [0.2, 0.25) is 0 Å². The summed E-state index contributed by atoms with van der Waals surface area (Å²) in [5.74, 6) is 0.662. The Balaban J connectivity index is 1.74. The number of nitrogens with two attached hydrogens (primary N) is 1. The second kappa shape index (κ2) is 7.11. The van der Waals surface area contributed by atoms with Crippen LogP contribution in [-0.2, 0) is 5.54 Å². The van der Waals surface area contributed by atoms with Crippen LogP contribution < -0.4 is 10.5 Å². The van der Waals surface area contributed by atoms with E-state index in [0.717, 1.165) is 41.1 Å². The Hall–Kier alpha value is -3.44. The lowest BCUT2D eigenvalue weighted by Crippen LogP contribution is -2.43. The number of aromatic nitrogens is 3. The first-order chi connectivity index (χ1) is 14.6. The molecule has 0 radical (unpaired) electrons. The number of hydrogen-bond acceptors (Lipinski definition) is 4. The first kappa shape index (κ1) is 18.6. The summed E-state index contributed by atoms with van der Waals surface area (Å²) in [6.45, 7) is 3.86. The number of ether oxygens (including phenoxy) is 1. The molecule has 4 aromatic rings. The average Bonchev–Trinajstić information content (AvgIpc) is 3.17. The van der Waals surface area contributed by atoms with Gasteiger partial charge in [-0.3, -0.25) is 0 Å². The van der Waals surface area contributed by atoms with Crippen molar-refractivity contribution < 1.29 is 4.74 Å². The Morgan fingerprint density at radius 3 is 2.40 bits per heavy atom. The van der Waals surface area contributed by atoms with Gasteiger partial charge < -0.3 is 10.5 Å². The Labute approximate surface area is 175 Å². The van der Waals surface area contributed by atoms with Crippen LogP contribution in [0.2, 0.25) is 0 Å². The number of nitrogens with zero attached hydrogens (tertiary/aromatic N) is 3. The normalized spacial score (nSPS) is 15.0. The molecule has 2 N–H and O–H groups in total. The third-order valence-corrected chi connectivity index (χ3v) is 6.02. The van der Waals surface area contributed by atoms with Crippen LogP contribution in [0.4, 0.5) is 0 Å². The highest BCUT2D eigenvalue weighted by atomic mass is 16.5. The van der Waals surface area contributed by atoms with Crippen LogP contribution in [0.25, 0.3) is 34.2 Å². The second-order valence-electron chi connectivity index (χ2n) is 7.84. The number of imidazole rings is 1. The highest BCUT2D eigenvalue weighted by Gasteiger charge is 2.34. The summed E-state index contributed by atoms with van der Waals surface area (Å²) >= 11 is 0. The highest BCUT2D eigenvalue weighted by molar-refractivity contribution is 5.83. The summed E-state index contributed by atoms with van der Waals surface area (Å²) in [6, 6.07) is 20.5. The quantitative estimate of drug-likeness (QED) is 0.512. The molecule has 2 aromatic heterocycles. The van der Waals surface area contributed by atoms with E-state index in [1.165, 1.54) is 12.0 Å². The lowest BCUT2D eigenvalue weighted by Gasteiger charge is -2.38. The molecule has 2 heterocycles. The van der Waals surface area contributed by atoms with Crippen LogP contribution in [0.1, 0.15) is 30.5 Å². The van der Waals surface area contributed by atoms with E-state index in [1.54, 1.807) is 13.2 Å². The molecule has 5 heteroatoms. The molecule has 5 rings (SSSR count). The first-order valence-electron chi connectivity index (χ1n) is 10.2. The number of hydrogen-bond donors (Lipinski definition) is 1. The first-order valence-corrected chi connectivity index (χ1v) is 10.2. The monoisotopic (exact) mass is 396 g/mol. The fourth-order valence-corrected chi connectivity index (χ4v) is 4.13. The van der Waals surface area contributed by atoms with Gasteiger partial charge >= 0.3 is 0 Å². The van der Waals surface area contributed by atoms with Gasteiger partial charge in [-0.25, -0.2) is 9.50 Å². The van der Waals surface area contributed by atoms with Gasteiger partial charge in [0.15, 0.2) is 11.4 Å². The summed E-state index contributed by atoms with van der Waals surface area (Å²) in [7, 11) is 1.65. The summed E-state index contributed by atoms with van der Waals surface area (Å²) < 4.78 is 7.46. The Kier molecular flexibility index (Phi) is 4.40. The van der Waals surface area contributed by atoms with Crippen molar-refractivity contribution in [2.24, 2.45) is 5.73 Å². The summed E-state index contributed by atoms with van der Waals surface area (Å²) in [5.41, 5.74) is 12.8. The van der Waals surface area contributed by atoms with Crippen molar-refractivity contribution in [3.63, 3.8) is 0 Å². The second-order valence-corrected chi connectivity index (χ2v) is 7.84. The van der Waals surface area contributed by atoms with E-state index in [0.29, 0.717) is 11.4 Å². The molecule has 0 aliphatic heterocycles. The standard InChI is InChI=1S/C25H24N4O/c1-3-20-16-21(30-2)24-27-22(23(29(24)28-20)18-8-5-4-6-9-18)17-10-12-19(13-11-17)25(26)14-7-15-25/h3-6,8-13,16H,1,7,14-15,26H2,2H3. The van der Waals surface area contributed by atoms with Gasteiger partial charge in [0.05, 0.1) is 18.5 Å². The fraction of sp³-hybridized carbons (Fsp3) is 0.200. The molecule has 0 unspecified atom stereocenters. The van der Waals surface area contributed by atoms with E-state index < -0.39 is 0 Å². The smallest absolute Gasteiger partial charge is 0.197 e. The zero-order chi connectivity index (χ0) is 20.7. The Morgan fingerprint density at radius 2 is 1.80 bits per heavy atom. The number of fused-ring (bicyclic) bond motifs is 1. The third kappa shape index (κ3) is 2.90. The van der Waals surface area contributed by atoms with Crippen LogP contribution >= 0.6 is 0 Å². The van der Waals surface area contributed by atoms with Crippen molar-refractivity contribution in [2.75, 3.05) is 7.11 Å². The molecule has 0 atom stereocenters. The van der Waals surface area contributed by atoms with Crippen LogP contribution in [-0.4, -0.2) is 21.7 Å². The van der Waals surface area contributed by atoms with Crippen molar-refractivity contribution in [1.29, 1.82) is 0 Å².